The van der Waals surface area contributed by atoms with Crippen LogP contribution in [0, 0.1) is 5.92 Å². The van der Waals surface area contributed by atoms with Crippen LogP contribution in [0.4, 0.5) is 0 Å². The second-order valence-corrected chi connectivity index (χ2v) is 5.14. The molecule has 0 fully saturated rings. The van der Waals surface area contributed by atoms with E-state index in [1.165, 1.54) is 0 Å². The summed E-state index contributed by atoms with van der Waals surface area (Å²) in [6, 6.07) is 4.11. The van der Waals surface area contributed by atoms with Gasteiger partial charge < -0.3 is 10.4 Å². The molecule has 0 unspecified atom stereocenters. The van der Waals surface area contributed by atoms with E-state index in [0.717, 1.165) is 5.52 Å². The number of carbonyl (C=O) groups is 2. The Labute approximate surface area is 121 Å². The van der Waals surface area contributed by atoms with Crippen molar-refractivity contribution >= 4 is 22.9 Å². The number of hydrogen-bond acceptors (Lipinski definition) is 4. The van der Waals surface area contributed by atoms with E-state index in [0.29, 0.717) is 17.6 Å². The zero-order valence-electron chi connectivity index (χ0n) is 12.2. The third-order valence-corrected chi connectivity index (χ3v) is 3.29. The Bertz CT molecular complexity index is 678. The average molecular weight is 290 g/mol. The predicted molar refractivity (Wildman–Crippen MR) is 76.9 cm³/mol. The van der Waals surface area contributed by atoms with Crippen molar-refractivity contribution in [3.8, 4) is 0 Å². The number of hydrogen-bond donors (Lipinski definition) is 2. The molecule has 0 saturated heterocycles. The van der Waals surface area contributed by atoms with Crippen molar-refractivity contribution in [2.45, 2.75) is 33.4 Å². The number of aryl methyl sites for hydroxylation is 1. The fraction of sp³-hybridized carbons (Fsp3) is 0.429. The first-order valence-corrected chi connectivity index (χ1v) is 6.81. The highest BCUT2D eigenvalue weighted by atomic mass is 16.4. The van der Waals surface area contributed by atoms with Gasteiger partial charge in [-0.2, -0.15) is 0 Å². The molecule has 7 heteroatoms. The van der Waals surface area contributed by atoms with Gasteiger partial charge in [-0.25, -0.2) is 9.48 Å². The van der Waals surface area contributed by atoms with Crippen LogP contribution in [0.2, 0.25) is 0 Å². The van der Waals surface area contributed by atoms with Crippen LogP contribution < -0.4 is 5.32 Å². The fourth-order valence-electron chi connectivity index (χ4n) is 2.09. The maximum atomic E-state index is 12.2. The van der Waals surface area contributed by atoms with Gasteiger partial charge >= 0.3 is 5.97 Å². The number of aromatic nitrogens is 3. The van der Waals surface area contributed by atoms with Crippen molar-refractivity contribution in [1.29, 1.82) is 0 Å². The third kappa shape index (κ3) is 3.01. The second kappa shape index (κ2) is 5.90. The van der Waals surface area contributed by atoms with Gasteiger partial charge in [0.25, 0.3) is 5.91 Å². The first-order chi connectivity index (χ1) is 9.93. The van der Waals surface area contributed by atoms with Crippen LogP contribution in [0.3, 0.4) is 0 Å². The van der Waals surface area contributed by atoms with Crippen LogP contribution >= 0.6 is 0 Å². The number of carboxylic acid groups (broad SMARTS) is 1. The van der Waals surface area contributed by atoms with Crippen LogP contribution in [0.15, 0.2) is 18.2 Å². The van der Waals surface area contributed by atoms with Crippen molar-refractivity contribution in [2.75, 3.05) is 0 Å². The molecule has 0 radical (unpaired) electrons. The molecule has 0 aliphatic rings. The van der Waals surface area contributed by atoms with Crippen LogP contribution in [0.25, 0.3) is 11.0 Å². The molecule has 0 spiro atoms. The number of benzene rings is 1. The number of amides is 1. The highest BCUT2D eigenvalue weighted by Gasteiger charge is 2.24. The van der Waals surface area contributed by atoms with Crippen molar-refractivity contribution in [1.82, 2.24) is 20.3 Å². The van der Waals surface area contributed by atoms with Gasteiger partial charge in [-0.1, -0.05) is 19.1 Å². The van der Waals surface area contributed by atoms with E-state index in [9.17, 15) is 9.59 Å². The minimum absolute atomic E-state index is 0.198. The third-order valence-electron chi connectivity index (χ3n) is 3.29. The summed E-state index contributed by atoms with van der Waals surface area (Å²) < 4.78 is 1.73. The summed E-state index contributed by atoms with van der Waals surface area (Å²) in [5.74, 6) is -1.67. The van der Waals surface area contributed by atoms with E-state index in [1.54, 1.807) is 36.7 Å². The number of rotatable bonds is 5. The average Bonchev–Trinajstić information content (AvgIpc) is 2.85. The van der Waals surface area contributed by atoms with Gasteiger partial charge in [0, 0.05) is 12.1 Å². The van der Waals surface area contributed by atoms with E-state index in [2.05, 4.69) is 15.6 Å². The largest absolute Gasteiger partial charge is 0.480 e. The molecule has 2 aromatic rings. The molecule has 1 atom stereocenters. The topological polar surface area (TPSA) is 97.1 Å². The van der Waals surface area contributed by atoms with Gasteiger partial charge in [-0.15, -0.1) is 5.10 Å². The van der Waals surface area contributed by atoms with Crippen LogP contribution in [-0.2, 0) is 11.3 Å². The predicted octanol–water partition coefficient (Wildman–Crippen LogP) is 1.29. The van der Waals surface area contributed by atoms with Crippen LogP contribution in [0.5, 0.6) is 0 Å². The van der Waals surface area contributed by atoms with Crippen molar-refractivity contribution in [3.05, 3.63) is 23.8 Å². The lowest BCUT2D eigenvalue weighted by molar-refractivity contribution is -0.140. The second-order valence-electron chi connectivity index (χ2n) is 5.14. The molecule has 2 rings (SSSR count). The van der Waals surface area contributed by atoms with Gasteiger partial charge in [0.05, 0.1) is 5.52 Å². The van der Waals surface area contributed by atoms with Gasteiger partial charge in [0.1, 0.15) is 11.6 Å². The summed E-state index contributed by atoms with van der Waals surface area (Å²) in [6.07, 6.45) is 0. The Morgan fingerprint density at radius 2 is 2.10 bits per heavy atom. The summed E-state index contributed by atoms with van der Waals surface area (Å²) >= 11 is 0. The van der Waals surface area contributed by atoms with Crippen molar-refractivity contribution < 1.29 is 14.7 Å². The van der Waals surface area contributed by atoms with E-state index >= 15 is 0 Å². The van der Waals surface area contributed by atoms with Gasteiger partial charge in [-0.3, -0.25) is 4.79 Å². The summed E-state index contributed by atoms with van der Waals surface area (Å²) in [5.41, 5.74) is 1.83. The molecule has 2 N–H and O–H groups in total. The lowest BCUT2D eigenvalue weighted by Crippen LogP contribution is -2.44. The van der Waals surface area contributed by atoms with Gasteiger partial charge in [-0.05, 0) is 31.0 Å². The van der Waals surface area contributed by atoms with Gasteiger partial charge in [0.15, 0.2) is 0 Å². The molecule has 21 heavy (non-hydrogen) atoms. The molecule has 0 aliphatic carbocycles. The normalized spacial score (nSPS) is 12.6. The highest BCUT2D eigenvalue weighted by Crippen LogP contribution is 2.14. The molecular formula is C14H18N4O3. The number of nitrogens with one attached hydrogen (secondary N) is 1. The Kier molecular flexibility index (Phi) is 4.21. The Morgan fingerprint density at radius 1 is 1.38 bits per heavy atom. The monoisotopic (exact) mass is 290 g/mol. The summed E-state index contributed by atoms with van der Waals surface area (Å²) in [4.78, 5) is 23.3. The minimum atomic E-state index is -1.05. The molecule has 0 aliphatic heterocycles. The number of nitrogens with zero attached hydrogens (tertiary/aromatic N) is 3. The summed E-state index contributed by atoms with van der Waals surface area (Å²) in [7, 11) is 0. The van der Waals surface area contributed by atoms with E-state index < -0.39 is 17.9 Å². The fourth-order valence-corrected chi connectivity index (χ4v) is 2.09. The molecule has 1 aromatic carbocycles. The Hall–Kier alpha value is -2.44. The van der Waals surface area contributed by atoms with E-state index in [1.807, 2.05) is 6.92 Å². The Balaban J connectivity index is 2.25. The van der Waals surface area contributed by atoms with E-state index in [4.69, 9.17) is 5.11 Å². The van der Waals surface area contributed by atoms with Crippen LogP contribution in [0.1, 0.15) is 31.1 Å². The number of aliphatic carboxylic acids is 1. The SMILES string of the molecule is CCn1nnc2cc(C(=O)N[C@@H](C(=O)O)C(C)C)ccc21. The highest BCUT2D eigenvalue weighted by molar-refractivity contribution is 5.99. The lowest BCUT2D eigenvalue weighted by atomic mass is 10.0. The van der Waals surface area contributed by atoms with Crippen LogP contribution in [-0.4, -0.2) is 38.0 Å². The Morgan fingerprint density at radius 3 is 2.67 bits per heavy atom. The lowest BCUT2D eigenvalue weighted by Gasteiger charge is -2.17. The zero-order chi connectivity index (χ0) is 15.6. The maximum Gasteiger partial charge on any atom is 0.326 e. The first kappa shape index (κ1) is 15.0. The quantitative estimate of drug-likeness (QED) is 0.864. The molecule has 1 heterocycles. The molecule has 1 aromatic heterocycles. The summed E-state index contributed by atoms with van der Waals surface area (Å²) in [6.45, 7) is 6.13. The molecule has 7 nitrogen and oxygen atoms in total. The van der Waals surface area contributed by atoms with Crippen molar-refractivity contribution in [3.63, 3.8) is 0 Å². The van der Waals surface area contributed by atoms with Gasteiger partial charge in [0.2, 0.25) is 0 Å². The summed E-state index contributed by atoms with van der Waals surface area (Å²) in [5, 5.41) is 19.6. The molecular weight excluding hydrogens is 272 g/mol. The zero-order valence-corrected chi connectivity index (χ0v) is 12.2. The smallest absolute Gasteiger partial charge is 0.326 e. The molecule has 112 valence electrons. The molecule has 1 amide bonds. The maximum absolute atomic E-state index is 12.2. The van der Waals surface area contributed by atoms with Crippen molar-refractivity contribution in [2.24, 2.45) is 5.92 Å². The first-order valence-electron chi connectivity index (χ1n) is 6.81. The number of carboxylic acids is 1. The standard InChI is InChI=1S/C14H18N4O3/c1-4-18-11-6-5-9(7-10(11)16-17-18)13(19)15-12(8(2)3)14(20)21/h5-8,12H,4H2,1-3H3,(H,15,19)(H,20,21)/t12-/m1/s1. The molecule has 0 bridgehead atoms. The van der Waals surface area contributed by atoms with E-state index in [-0.39, 0.29) is 5.92 Å². The minimum Gasteiger partial charge on any atom is -0.480 e. The molecule has 0 saturated carbocycles. The number of carbonyl (C=O) groups excluding carboxylic acids is 1. The number of fused-ring (bicyclic) bond motifs is 1.